The van der Waals surface area contributed by atoms with Crippen LogP contribution in [0.5, 0.6) is 0 Å². The smallest absolute Gasteiger partial charge is 0.312 e. The molecule has 0 spiro atoms. The maximum atomic E-state index is 10.7. The van der Waals surface area contributed by atoms with Gasteiger partial charge in [-0.2, -0.15) is 5.10 Å². The Labute approximate surface area is 81.9 Å². The highest BCUT2D eigenvalue weighted by Crippen LogP contribution is 2.23. The second kappa shape index (κ2) is 3.75. The summed E-state index contributed by atoms with van der Waals surface area (Å²) < 4.78 is 1.60. The fraction of sp³-hybridized carbons (Fsp3) is 0.625. The van der Waals surface area contributed by atoms with E-state index in [9.17, 15) is 10.1 Å². The van der Waals surface area contributed by atoms with Gasteiger partial charge in [0, 0.05) is 6.54 Å². The van der Waals surface area contributed by atoms with Crippen molar-refractivity contribution in [1.82, 2.24) is 9.78 Å². The second-order valence-corrected chi connectivity index (χ2v) is 3.31. The van der Waals surface area contributed by atoms with E-state index in [2.05, 4.69) is 5.10 Å². The molecule has 1 unspecified atom stereocenters. The van der Waals surface area contributed by atoms with Crippen LogP contribution in [0.1, 0.15) is 24.4 Å². The average molecular weight is 198 g/mol. The Morgan fingerprint density at radius 2 is 2.21 bits per heavy atom. The third-order valence-corrected chi connectivity index (χ3v) is 2.23. The molecule has 0 saturated heterocycles. The first-order chi connectivity index (χ1) is 6.49. The Bertz CT molecular complexity index is 358. The minimum Gasteiger partial charge on any atom is -0.328 e. The van der Waals surface area contributed by atoms with Gasteiger partial charge in [-0.25, -0.2) is 0 Å². The molecule has 2 N–H and O–H groups in total. The highest BCUT2D eigenvalue weighted by Gasteiger charge is 2.23. The van der Waals surface area contributed by atoms with Crippen molar-refractivity contribution in [1.29, 1.82) is 0 Å². The zero-order valence-electron chi connectivity index (χ0n) is 8.52. The SMILES string of the molecule is Cc1nn(C(C)CN)c(C)c1[N+](=O)[O-]. The maximum Gasteiger partial charge on any atom is 0.312 e. The fourth-order valence-corrected chi connectivity index (χ4v) is 1.45. The summed E-state index contributed by atoms with van der Waals surface area (Å²) in [4.78, 5) is 10.3. The molecule has 0 aliphatic carbocycles. The highest BCUT2D eigenvalue weighted by molar-refractivity contribution is 5.39. The van der Waals surface area contributed by atoms with Crippen LogP contribution in [0.25, 0.3) is 0 Å². The van der Waals surface area contributed by atoms with E-state index in [1.165, 1.54) is 0 Å². The molecule has 1 rings (SSSR count). The van der Waals surface area contributed by atoms with Crippen LogP contribution >= 0.6 is 0 Å². The summed E-state index contributed by atoms with van der Waals surface area (Å²) in [6.45, 7) is 5.61. The zero-order chi connectivity index (χ0) is 10.9. The molecule has 0 bridgehead atoms. The number of hydrogen-bond donors (Lipinski definition) is 1. The molecule has 1 atom stereocenters. The minimum absolute atomic E-state index is 0.0117. The molecular formula is C8H14N4O2. The van der Waals surface area contributed by atoms with Crippen molar-refractivity contribution in [3.63, 3.8) is 0 Å². The Hall–Kier alpha value is -1.43. The lowest BCUT2D eigenvalue weighted by atomic mass is 10.3. The van der Waals surface area contributed by atoms with Gasteiger partial charge in [-0.05, 0) is 20.8 Å². The highest BCUT2D eigenvalue weighted by atomic mass is 16.6. The summed E-state index contributed by atoms with van der Waals surface area (Å²) >= 11 is 0. The predicted octanol–water partition coefficient (Wildman–Crippen LogP) is 0.928. The first-order valence-electron chi connectivity index (χ1n) is 4.39. The van der Waals surface area contributed by atoms with E-state index < -0.39 is 4.92 Å². The van der Waals surface area contributed by atoms with Crippen LogP contribution < -0.4 is 5.73 Å². The molecule has 1 heterocycles. The van der Waals surface area contributed by atoms with Gasteiger partial charge < -0.3 is 5.73 Å². The van der Waals surface area contributed by atoms with Crippen LogP contribution in [0.4, 0.5) is 5.69 Å². The summed E-state index contributed by atoms with van der Waals surface area (Å²) in [5, 5.41) is 14.8. The molecule has 1 aromatic heterocycles. The molecule has 14 heavy (non-hydrogen) atoms. The molecule has 6 nitrogen and oxygen atoms in total. The fourth-order valence-electron chi connectivity index (χ4n) is 1.45. The van der Waals surface area contributed by atoms with Crippen LogP contribution in [0.15, 0.2) is 0 Å². The largest absolute Gasteiger partial charge is 0.328 e. The van der Waals surface area contributed by atoms with E-state index in [-0.39, 0.29) is 11.7 Å². The Kier molecular flexibility index (Phi) is 2.85. The Balaban J connectivity index is 3.23. The van der Waals surface area contributed by atoms with Gasteiger partial charge in [0.25, 0.3) is 0 Å². The van der Waals surface area contributed by atoms with E-state index in [1.54, 1.807) is 18.5 Å². The van der Waals surface area contributed by atoms with Gasteiger partial charge in [-0.3, -0.25) is 14.8 Å². The quantitative estimate of drug-likeness (QED) is 0.578. The molecule has 6 heteroatoms. The van der Waals surface area contributed by atoms with Gasteiger partial charge in [0.05, 0.1) is 11.0 Å². The topological polar surface area (TPSA) is 87.0 Å². The molecule has 0 saturated carbocycles. The average Bonchev–Trinajstić information content (AvgIpc) is 2.40. The van der Waals surface area contributed by atoms with Crippen molar-refractivity contribution in [2.45, 2.75) is 26.8 Å². The summed E-state index contributed by atoms with van der Waals surface area (Å²) in [7, 11) is 0. The first-order valence-corrected chi connectivity index (χ1v) is 4.39. The number of nitrogens with two attached hydrogens (primary N) is 1. The maximum absolute atomic E-state index is 10.7. The van der Waals surface area contributed by atoms with E-state index >= 15 is 0 Å². The summed E-state index contributed by atoms with van der Waals surface area (Å²) in [5.41, 5.74) is 6.56. The summed E-state index contributed by atoms with van der Waals surface area (Å²) in [6, 6.07) is -0.0117. The van der Waals surface area contributed by atoms with Gasteiger partial charge in [-0.1, -0.05) is 0 Å². The Morgan fingerprint density at radius 1 is 1.64 bits per heavy atom. The molecule has 1 aromatic rings. The monoisotopic (exact) mass is 198 g/mol. The first kappa shape index (κ1) is 10.6. The van der Waals surface area contributed by atoms with Gasteiger partial charge in [0.1, 0.15) is 11.4 Å². The van der Waals surface area contributed by atoms with Crippen LogP contribution in [0.2, 0.25) is 0 Å². The number of aromatic nitrogens is 2. The standard InChI is InChI=1S/C8H14N4O2/c1-5(4-9)11-7(3)8(12(13)14)6(2)10-11/h5H,4,9H2,1-3H3. The lowest BCUT2D eigenvalue weighted by molar-refractivity contribution is -0.386. The van der Waals surface area contributed by atoms with Crippen molar-refractivity contribution in [3.8, 4) is 0 Å². The third kappa shape index (κ3) is 1.60. The number of nitrogens with zero attached hydrogens (tertiary/aromatic N) is 3. The van der Waals surface area contributed by atoms with E-state index in [1.807, 2.05) is 6.92 Å². The lowest BCUT2D eigenvalue weighted by Crippen LogP contribution is -2.18. The minimum atomic E-state index is -0.405. The normalized spacial score (nSPS) is 12.9. The summed E-state index contributed by atoms with van der Waals surface area (Å²) in [5.74, 6) is 0. The Morgan fingerprint density at radius 3 is 2.57 bits per heavy atom. The van der Waals surface area contributed by atoms with Crippen LogP contribution in [-0.2, 0) is 0 Å². The van der Waals surface area contributed by atoms with E-state index in [4.69, 9.17) is 5.73 Å². The van der Waals surface area contributed by atoms with Crippen molar-refractivity contribution in [2.75, 3.05) is 6.54 Å². The number of hydrogen-bond acceptors (Lipinski definition) is 4. The molecule has 78 valence electrons. The molecule has 0 aliphatic heterocycles. The van der Waals surface area contributed by atoms with Crippen molar-refractivity contribution in [2.24, 2.45) is 5.73 Å². The van der Waals surface area contributed by atoms with E-state index in [0.29, 0.717) is 17.9 Å². The van der Waals surface area contributed by atoms with Gasteiger partial charge in [-0.15, -0.1) is 0 Å². The van der Waals surface area contributed by atoms with Gasteiger partial charge in [0.2, 0.25) is 0 Å². The molecule has 0 radical (unpaired) electrons. The summed E-state index contributed by atoms with van der Waals surface area (Å²) in [6.07, 6.45) is 0. The third-order valence-electron chi connectivity index (χ3n) is 2.23. The number of nitro groups is 1. The van der Waals surface area contributed by atoms with Crippen LogP contribution in [0.3, 0.4) is 0 Å². The lowest BCUT2D eigenvalue weighted by Gasteiger charge is -2.09. The predicted molar refractivity (Wildman–Crippen MR) is 52.1 cm³/mol. The molecular weight excluding hydrogens is 184 g/mol. The van der Waals surface area contributed by atoms with Gasteiger partial charge in [0.15, 0.2) is 0 Å². The molecule has 0 aliphatic rings. The number of aryl methyl sites for hydroxylation is 1. The van der Waals surface area contributed by atoms with Gasteiger partial charge >= 0.3 is 5.69 Å². The molecule has 0 aromatic carbocycles. The zero-order valence-corrected chi connectivity index (χ0v) is 8.52. The van der Waals surface area contributed by atoms with Crippen molar-refractivity contribution in [3.05, 3.63) is 21.5 Å². The van der Waals surface area contributed by atoms with Crippen molar-refractivity contribution >= 4 is 5.69 Å². The molecule has 0 amide bonds. The molecule has 0 fully saturated rings. The van der Waals surface area contributed by atoms with Crippen LogP contribution in [-0.4, -0.2) is 21.2 Å². The van der Waals surface area contributed by atoms with Crippen LogP contribution in [0, 0.1) is 24.0 Å². The number of rotatable bonds is 3. The second-order valence-electron chi connectivity index (χ2n) is 3.31. The van der Waals surface area contributed by atoms with Crippen molar-refractivity contribution < 1.29 is 4.92 Å². The van der Waals surface area contributed by atoms with E-state index in [0.717, 1.165) is 0 Å².